The SMILES string of the molecule is CC1(C)c2cccc3c2N2c4c1cccc4C(C)(C)c1cc(B(O)O)cc(c12)C3(C)C. The van der Waals surface area contributed by atoms with Crippen LogP contribution in [0.1, 0.15) is 74.9 Å². The molecular formula is C27H28BNO2. The minimum Gasteiger partial charge on any atom is -0.423 e. The molecule has 0 aliphatic carbocycles. The van der Waals surface area contributed by atoms with Crippen LogP contribution in [-0.4, -0.2) is 17.2 Å². The van der Waals surface area contributed by atoms with Crippen molar-refractivity contribution < 1.29 is 10.0 Å². The summed E-state index contributed by atoms with van der Waals surface area (Å²) in [5.41, 5.74) is 11.4. The van der Waals surface area contributed by atoms with Gasteiger partial charge in [-0.3, -0.25) is 0 Å². The predicted molar refractivity (Wildman–Crippen MR) is 127 cm³/mol. The van der Waals surface area contributed by atoms with E-state index in [9.17, 15) is 10.0 Å². The van der Waals surface area contributed by atoms with Crippen LogP contribution in [0.3, 0.4) is 0 Å². The molecule has 0 aromatic heterocycles. The fourth-order valence-electron chi connectivity index (χ4n) is 6.36. The highest BCUT2D eigenvalue weighted by Gasteiger charge is 2.51. The first-order chi connectivity index (χ1) is 14.5. The number of anilines is 3. The van der Waals surface area contributed by atoms with E-state index in [1.165, 1.54) is 39.3 Å². The average molecular weight is 409 g/mol. The van der Waals surface area contributed by atoms with Crippen molar-refractivity contribution in [2.45, 2.75) is 57.8 Å². The van der Waals surface area contributed by atoms with Crippen LogP contribution in [0.25, 0.3) is 0 Å². The lowest BCUT2D eigenvalue weighted by Gasteiger charge is -2.55. The molecule has 3 aromatic rings. The summed E-state index contributed by atoms with van der Waals surface area (Å²) < 4.78 is 0. The van der Waals surface area contributed by atoms with Crippen molar-refractivity contribution in [3.63, 3.8) is 0 Å². The summed E-state index contributed by atoms with van der Waals surface area (Å²) in [5, 5.41) is 20.2. The Morgan fingerprint density at radius 2 is 0.903 bits per heavy atom. The molecule has 3 aliphatic rings. The second kappa shape index (κ2) is 5.43. The molecule has 31 heavy (non-hydrogen) atoms. The minimum atomic E-state index is -1.49. The van der Waals surface area contributed by atoms with Gasteiger partial charge in [0.05, 0.1) is 17.1 Å². The highest BCUT2D eigenvalue weighted by atomic mass is 16.4. The smallest absolute Gasteiger partial charge is 0.423 e. The molecule has 3 aliphatic heterocycles. The van der Waals surface area contributed by atoms with Gasteiger partial charge in [-0.2, -0.15) is 0 Å². The number of nitrogens with zero attached hydrogens (tertiary/aromatic N) is 1. The zero-order valence-corrected chi connectivity index (χ0v) is 19.0. The van der Waals surface area contributed by atoms with Crippen molar-refractivity contribution >= 4 is 29.6 Å². The van der Waals surface area contributed by atoms with Gasteiger partial charge >= 0.3 is 7.12 Å². The van der Waals surface area contributed by atoms with E-state index >= 15 is 0 Å². The normalized spacial score (nSPS) is 19.7. The number of hydrogen-bond donors (Lipinski definition) is 2. The summed E-state index contributed by atoms with van der Waals surface area (Å²) in [7, 11) is -1.49. The molecule has 4 heteroatoms. The molecule has 3 heterocycles. The molecule has 0 amide bonds. The maximum atomic E-state index is 10.1. The summed E-state index contributed by atoms with van der Waals surface area (Å²) in [6.07, 6.45) is 0. The Hall–Kier alpha value is -2.56. The van der Waals surface area contributed by atoms with Crippen molar-refractivity contribution in [1.82, 2.24) is 0 Å². The van der Waals surface area contributed by atoms with Gasteiger partial charge < -0.3 is 14.9 Å². The van der Waals surface area contributed by atoms with Crippen LogP contribution in [-0.2, 0) is 16.2 Å². The van der Waals surface area contributed by atoms with Gasteiger partial charge in [0.25, 0.3) is 0 Å². The fourth-order valence-corrected chi connectivity index (χ4v) is 6.36. The molecular weight excluding hydrogens is 381 g/mol. The van der Waals surface area contributed by atoms with Crippen LogP contribution >= 0.6 is 0 Å². The third-order valence-electron chi connectivity index (χ3n) is 8.21. The van der Waals surface area contributed by atoms with E-state index in [0.29, 0.717) is 5.46 Å². The third-order valence-corrected chi connectivity index (χ3v) is 8.21. The van der Waals surface area contributed by atoms with Crippen LogP contribution in [0.4, 0.5) is 17.1 Å². The molecule has 6 rings (SSSR count). The zero-order chi connectivity index (χ0) is 22.1. The predicted octanol–water partition coefficient (Wildman–Crippen LogP) is 4.75. The van der Waals surface area contributed by atoms with E-state index in [0.717, 1.165) is 11.1 Å². The Morgan fingerprint density at radius 3 is 1.26 bits per heavy atom. The minimum absolute atomic E-state index is 0.102. The van der Waals surface area contributed by atoms with Crippen molar-refractivity contribution in [3.8, 4) is 0 Å². The van der Waals surface area contributed by atoms with E-state index in [1.54, 1.807) is 0 Å². The van der Waals surface area contributed by atoms with Gasteiger partial charge in [0.15, 0.2) is 0 Å². The van der Waals surface area contributed by atoms with Gasteiger partial charge in [-0.25, -0.2) is 0 Å². The Bertz CT molecular complexity index is 1210. The summed E-state index contributed by atoms with van der Waals surface area (Å²) in [4.78, 5) is 2.48. The Morgan fingerprint density at radius 1 is 0.581 bits per heavy atom. The van der Waals surface area contributed by atoms with Crippen LogP contribution in [0, 0.1) is 0 Å². The molecule has 0 spiro atoms. The van der Waals surface area contributed by atoms with Gasteiger partial charge in [0.1, 0.15) is 0 Å². The zero-order valence-electron chi connectivity index (χ0n) is 19.0. The monoisotopic (exact) mass is 409 g/mol. The van der Waals surface area contributed by atoms with E-state index in [4.69, 9.17) is 0 Å². The van der Waals surface area contributed by atoms with E-state index < -0.39 is 7.12 Å². The fraction of sp³-hybridized carbons (Fsp3) is 0.333. The van der Waals surface area contributed by atoms with Gasteiger partial charge in [-0.05, 0) is 38.8 Å². The lowest BCUT2D eigenvalue weighted by Crippen LogP contribution is -2.45. The van der Waals surface area contributed by atoms with Crippen LogP contribution in [0.15, 0.2) is 48.5 Å². The molecule has 0 atom stereocenters. The van der Waals surface area contributed by atoms with Crippen LogP contribution in [0.5, 0.6) is 0 Å². The maximum absolute atomic E-state index is 10.1. The molecule has 0 saturated heterocycles. The first kappa shape index (κ1) is 19.2. The first-order valence-corrected chi connectivity index (χ1v) is 11.1. The number of hydrogen-bond acceptors (Lipinski definition) is 3. The van der Waals surface area contributed by atoms with Gasteiger partial charge in [-0.15, -0.1) is 0 Å². The molecule has 0 saturated carbocycles. The third kappa shape index (κ3) is 2.03. The molecule has 3 nitrogen and oxygen atoms in total. The summed E-state index contributed by atoms with van der Waals surface area (Å²) in [6.45, 7) is 13.7. The Kier molecular flexibility index (Phi) is 3.36. The van der Waals surface area contributed by atoms with E-state index in [2.05, 4.69) is 82.8 Å². The molecule has 3 aromatic carbocycles. The van der Waals surface area contributed by atoms with E-state index in [1.807, 2.05) is 12.1 Å². The number of benzene rings is 3. The lowest BCUT2D eigenvalue weighted by molar-refractivity contribution is 0.425. The van der Waals surface area contributed by atoms with Gasteiger partial charge in [0.2, 0.25) is 0 Å². The molecule has 2 N–H and O–H groups in total. The number of rotatable bonds is 1. The summed E-state index contributed by atoms with van der Waals surface area (Å²) in [5.74, 6) is 0. The van der Waals surface area contributed by atoms with Gasteiger partial charge in [-0.1, -0.05) is 90.1 Å². The summed E-state index contributed by atoms with van der Waals surface area (Å²) in [6, 6.07) is 17.4. The van der Waals surface area contributed by atoms with Crippen molar-refractivity contribution in [3.05, 3.63) is 81.9 Å². The number of para-hydroxylation sites is 2. The van der Waals surface area contributed by atoms with Crippen molar-refractivity contribution in [2.24, 2.45) is 0 Å². The van der Waals surface area contributed by atoms with Crippen LogP contribution < -0.4 is 10.4 Å². The maximum Gasteiger partial charge on any atom is 0.488 e. The van der Waals surface area contributed by atoms with Gasteiger partial charge in [0, 0.05) is 16.2 Å². The second-order valence-electron chi connectivity index (χ2n) is 11.0. The quantitative estimate of drug-likeness (QED) is 0.570. The largest absolute Gasteiger partial charge is 0.488 e. The molecule has 0 unspecified atom stereocenters. The van der Waals surface area contributed by atoms with E-state index in [-0.39, 0.29) is 16.2 Å². The molecule has 0 fully saturated rings. The Labute approximate surface area is 184 Å². The summed E-state index contributed by atoms with van der Waals surface area (Å²) >= 11 is 0. The lowest BCUT2D eigenvalue weighted by atomic mass is 9.59. The highest BCUT2D eigenvalue weighted by Crippen LogP contribution is 2.65. The molecule has 0 radical (unpaired) electrons. The first-order valence-electron chi connectivity index (χ1n) is 11.1. The standard InChI is InChI=1S/C27H28BNO2/c1-25(2)16-9-7-11-18-22(16)29-23-17(25)10-8-12-19(23)27(5,6)21-14-15(28(30)31)13-20(24(21)29)26(18,3)4/h7-14,30-31H,1-6H3. The highest BCUT2D eigenvalue weighted by molar-refractivity contribution is 6.58. The molecule has 0 bridgehead atoms. The Balaban J connectivity index is 1.87. The van der Waals surface area contributed by atoms with Crippen LogP contribution in [0.2, 0.25) is 0 Å². The molecule has 156 valence electrons. The average Bonchev–Trinajstić information content (AvgIpc) is 2.71. The van der Waals surface area contributed by atoms with Crippen molar-refractivity contribution in [1.29, 1.82) is 0 Å². The second-order valence-corrected chi connectivity index (χ2v) is 11.0. The van der Waals surface area contributed by atoms with Crippen molar-refractivity contribution in [2.75, 3.05) is 4.90 Å². The topological polar surface area (TPSA) is 43.7 Å².